The first-order valence-corrected chi connectivity index (χ1v) is 4.15. The Morgan fingerprint density at radius 3 is 2.54 bits per heavy atom. The minimum Gasteiger partial charge on any atom is -0.483 e. The standard InChI is InChI=1S/C10H16O3/c1-5-6-13-9(7-8(2)3)10(11)12-4/h5,7-8H,1,6H2,2-4H3/b9-7-. The summed E-state index contributed by atoms with van der Waals surface area (Å²) in [4.78, 5) is 11.1. The lowest BCUT2D eigenvalue weighted by Crippen LogP contribution is -2.09. The maximum Gasteiger partial charge on any atom is 0.372 e. The number of carbonyl (C=O) groups is 1. The van der Waals surface area contributed by atoms with Crippen LogP contribution >= 0.6 is 0 Å². The number of carbonyl (C=O) groups excluding carboxylic acids is 1. The number of esters is 1. The highest BCUT2D eigenvalue weighted by atomic mass is 16.6. The molecule has 0 bridgehead atoms. The molecule has 0 aliphatic carbocycles. The molecule has 0 radical (unpaired) electrons. The average molecular weight is 184 g/mol. The van der Waals surface area contributed by atoms with Crippen molar-refractivity contribution in [3.63, 3.8) is 0 Å². The molecule has 0 fully saturated rings. The maximum atomic E-state index is 11.1. The Hall–Kier alpha value is -1.25. The Bertz CT molecular complexity index is 204. The summed E-state index contributed by atoms with van der Waals surface area (Å²) in [6.45, 7) is 7.72. The van der Waals surface area contributed by atoms with E-state index < -0.39 is 5.97 Å². The van der Waals surface area contributed by atoms with Crippen molar-refractivity contribution in [3.05, 3.63) is 24.5 Å². The Kier molecular flexibility index (Phi) is 5.68. The van der Waals surface area contributed by atoms with Crippen LogP contribution in [0.25, 0.3) is 0 Å². The molecule has 13 heavy (non-hydrogen) atoms. The summed E-state index contributed by atoms with van der Waals surface area (Å²) in [7, 11) is 1.33. The number of hydrogen-bond donors (Lipinski definition) is 0. The average Bonchev–Trinajstić information content (AvgIpc) is 2.10. The van der Waals surface area contributed by atoms with Crippen LogP contribution in [0.1, 0.15) is 13.8 Å². The van der Waals surface area contributed by atoms with Gasteiger partial charge in [0.1, 0.15) is 6.61 Å². The van der Waals surface area contributed by atoms with Gasteiger partial charge in [0.15, 0.2) is 0 Å². The van der Waals surface area contributed by atoms with Crippen molar-refractivity contribution >= 4 is 5.97 Å². The van der Waals surface area contributed by atoms with Crippen LogP contribution in [0.15, 0.2) is 24.5 Å². The molecule has 0 rings (SSSR count). The van der Waals surface area contributed by atoms with Gasteiger partial charge in [0.05, 0.1) is 7.11 Å². The van der Waals surface area contributed by atoms with E-state index in [1.165, 1.54) is 7.11 Å². The summed E-state index contributed by atoms with van der Waals surface area (Å²) < 4.78 is 9.67. The second-order valence-electron chi connectivity index (χ2n) is 2.87. The van der Waals surface area contributed by atoms with Gasteiger partial charge in [0, 0.05) is 0 Å². The normalized spacial score (nSPS) is 11.2. The Morgan fingerprint density at radius 2 is 2.15 bits per heavy atom. The minimum absolute atomic E-state index is 0.248. The lowest BCUT2D eigenvalue weighted by molar-refractivity contribution is -0.140. The van der Waals surface area contributed by atoms with E-state index in [4.69, 9.17) is 4.74 Å². The second kappa shape index (κ2) is 6.29. The van der Waals surface area contributed by atoms with Crippen LogP contribution in [0.3, 0.4) is 0 Å². The van der Waals surface area contributed by atoms with Crippen molar-refractivity contribution in [2.24, 2.45) is 5.92 Å². The van der Waals surface area contributed by atoms with E-state index in [0.717, 1.165) is 0 Å². The van der Waals surface area contributed by atoms with Gasteiger partial charge in [0.25, 0.3) is 0 Å². The van der Waals surface area contributed by atoms with Crippen LogP contribution < -0.4 is 0 Å². The molecule has 0 heterocycles. The third-order valence-electron chi connectivity index (χ3n) is 1.23. The zero-order valence-corrected chi connectivity index (χ0v) is 8.37. The van der Waals surface area contributed by atoms with Crippen molar-refractivity contribution in [3.8, 4) is 0 Å². The minimum atomic E-state index is -0.449. The number of methoxy groups -OCH3 is 1. The number of ether oxygens (including phenoxy) is 2. The highest BCUT2D eigenvalue weighted by molar-refractivity contribution is 5.86. The van der Waals surface area contributed by atoms with Crippen molar-refractivity contribution < 1.29 is 14.3 Å². The summed E-state index contributed by atoms with van der Waals surface area (Å²) in [6.07, 6.45) is 3.30. The van der Waals surface area contributed by atoms with E-state index in [1.54, 1.807) is 12.2 Å². The third-order valence-corrected chi connectivity index (χ3v) is 1.23. The molecular formula is C10H16O3. The van der Waals surface area contributed by atoms with Crippen LogP contribution in [0.5, 0.6) is 0 Å². The van der Waals surface area contributed by atoms with E-state index in [9.17, 15) is 4.79 Å². The highest BCUT2D eigenvalue weighted by Crippen LogP contribution is 2.05. The van der Waals surface area contributed by atoms with Crippen LogP contribution in [-0.4, -0.2) is 19.7 Å². The van der Waals surface area contributed by atoms with Crippen LogP contribution in [0.2, 0.25) is 0 Å². The lowest BCUT2D eigenvalue weighted by atomic mass is 10.2. The molecule has 0 unspecified atom stereocenters. The number of hydrogen-bond acceptors (Lipinski definition) is 3. The van der Waals surface area contributed by atoms with Crippen molar-refractivity contribution in [2.75, 3.05) is 13.7 Å². The van der Waals surface area contributed by atoms with Gasteiger partial charge in [-0.15, -0.1) is 0 Å². The van der Waals surface area contributed by atoms with Gasteiger partial charge in [-0.25, -0.2) is 4.79 Å². The Labute approximate surface area is 79.0 Å². The van der Waals surface area contributed by atoms with Crippen molar-refractivity contribution in [1.29, 1.82) is 0 Å². The molecule has 0 aromatic rings. The van der Waals surface area contributed by atoms with Crippen LogP contribution in [-0.2, 0) is 14.3 Å². The van der Waals surface area contributed by atoms with Gasteiger partial charge in [-0.1, -0.05) is 26.5 Å². The number of rotatable bonds is 5. The fraction of sp³-hybridized carbons (Fsp3) is 0.500. The molecule has 3 heteroatoms. The van der Waals surface area contributed by atoms with Crippen molar-refractivity contribution in [1.82, 2.24) is 0 Å². The van der Waals surface area contributed by atoms with E-state index in [-0.39, 0.29) is 11.7 Å². The quantitative estimate of drug-likeness (QED) is 0.283. The molecule has 0 saturated heterocycles. The SMILES string of the molecule is C=CCO/C(=C\C(C)C)C(=O)OC. The lowest BCUT2D eigenvalue weighted by Gasteiger charge is -2.07. The summed E-state index contributed by atoms with van der Waals surface area (Å²) in [5.41, 5.74) is 0. The molecule has 0 saturated carbocycles. The number of allylic oxidation sites excluding steroid dienone is 1. The fourth-order valence-corrected chi connectivity index (χ4v) is 0.727. The molecule has 3 nitrogen and oxygen atoms in total. The maximum absolute atomic E-state index is 11.1. The van der Waals surface area contributed by atoms with Crippen LogP contribution in [0, 0.1) is 5.92 Å². The molecule has 74 valence electrons. The zero-order valence-electron chi connectivity index (χ0n) is 8.37. The summed E-state index contributed by atoms with van der Waals surface area (Å²) in [5, 5.41) is 0. The molecule has 0 aliphatic heterocycles. The molecule has 0 N–H and O–H groups in total. The summed E-state index contributed by atoms with van der Waals surface area (Å²) in [6, 6.07) is 0. The molecule has 0 amide bonds. The first kappa shape index (κ1) is 11.8. The van der Waals surface area contributed by atoms with Crippen molar-refractivity contribution in [2.45, 2.75) is 13.8 Å². The monoisotopic (exact) mass is 184 g/mol. The topological polar surface area (TPSA) is 35.5 Å². The van der Waals surface area contributed by atoms with Gasteiger partial charge in [-0.2, -0.15) is 0 Å². The van der Waals surface area contributed by atoms with Gasteiger partial charge in [-0.3, -0.25) is 0 Å². The first-order valence-electron chi connectivity index (χ1n) is 4.15. The molecule has 0 aromatic heterocycles. The summed E-state index contributed by atoms with van der Waals surface area (Å²) in [5.74, 6) is 0.0480. The largest absolute Gasteiger partial charge is 0.483 e. The van der Waals surface area contributed by atoms with Gasteiger partial charge in [-0.05, 0) is 12.0 Å². The predicted octanol–water partition coefficient (Wildman–Crippen LogP) is 1.90. The summed E-state index contributed by atoms with van der Waals surface area (Å²) >= 11 is 0. The van der Waals surface area contributed by atoms with Gasteiger partial charge < -0.3 is 9.47 Å². The van der Waals surface area contributed by atoms with E-state index in [0.29, 0.717) is 6.61 Å². The molecule has 0 aliphatic rings. The van der Waals surface area contributed by atoms with Gasteiger partial charge >= 0.3 is 5.97 Å². The second-order valence-corrected chi connectivity index (χ2v) is 2.87. The molecular weight excluding hydrogens is 168 g/mol. The van der Waals surface area contributed by atoms with Gasteiger partial charge in [0.2, 0.25) is 5.76 Å². The Morgan fingerprint density at radius 1 is 1.54 bits per heavy atom. The molecule has 0 spiro atoms. The third kappa shape index (κ3) is 5.06. The highest BCUT2D eigenvalue weighted by Gasteiger charge is 2.10. The molecule has 0 atom stereocenters. The molecule has 0 aromatic carbocycles. The smallest absolute Gasteiger partial charge is 0.372 e. The fourth-order valence-electron chi connectivity index (χ4n) is 0.727. The van der Waals surface area contributed by atoms with E-state index in [2.05, 4.69) is 11.3 Å². The Balaban J connectivity index is 4.35. The first-order chi connectivity index (χ1) is 6.11. The zero-order chi connectivity index (χ0) is 10.3. The predicted molar refractivity (Wildman–Crippen MR) is 51.1 cm³/mol. The van der Waals surface area contributed by atoms with E-state index >= 15 is 0 Å². The van der Waals surface area contributed by atoms with Crippen LogP contribution in [0.4, 0.5) is 0 Å². The van der Waals surface area contributed by atoms with E-state index in [1.807, 2.05) is 13.8 Å².